The highest BCUT2D eigenvalue weighted by molar-refractivity contribution is 7.89. The Morgan fingerprint density at radius 1 is 1.15 bits per heavy atom. The van der Waals surface area contributed by atoms with Crippen molar-refractivity contribution >= 4 is 27.5 Å². The molecular weight excluding hydrogens is 384 g/mol. The molecule has 7 heteroatoms. The van der Waals surface area contributed by atoms with Crippen LogP contribution in [0.5, 0.6) is 0 Å². The van der Waals surface area contributed by atoms with Crippen molar-refractivity contribution in [3.63, 3.8) is 0 Å². The third kappa shape index (κ3) is 4.89. The number of carbonyl (C=O) groups is 1. The summed E-state index contributed by atoms with van der Waals surface area (Å²) in [5.74, 6) is -0.0750. The maximum Gasteiger partial charge on any atom is 0.253 e. The predicted molar refractivity (Wildman–Crippen MR) is 107 cm³/mol. The first kappa shape index (κ1) is 19.9. The predicted octanol–water partition coefficient (Wildman–Crippen LogP) is 3.49. The van der Waals surface area contributed by atoms with Crippen LogP contribution in [0.25, 0.3) is 0 Å². The maximum atomic E-state index is 12.6. The second-order valence-corrected chi connectivity index (χ2v) is 8.85. The van der Waals surface area contributed by atoms with Crippen LogP contribution < -0.4 is 4.72 Å². The van der Waals surface area contributed by atoms with Gasteiger partial charge in [-0.2, -0.15) is 0 Å². The third-order valence-electron chi connectivity index (χ3n) is 4.82. The van der Waals surface area contributed by atoms with E-state index in [1.165, 1.54) is 0 Å². The molecule has 1 amide bonds. The molecule has 2 aromatic carbocycles. The van der Waals surface area contributed by atoms with Gasteiger partial charge in [0.25, 0.3) is 5.91 Å². The summed E-state index contributed by atoms with van der Waals surface area (Å²) in [6.45, 7) is 3.04. The summed E-state index contributed by atoms with van der Waals surface area (Å²) in [4.78, 5) is 14.6. The molecule has 0 aliphatic carbocycles. The number of rotatable bonds is 5. The van der Waals surface area contributed by atoms with Gasteiger partial charge in [0.05, 0.1) is 4.90 Å². The minimum atomic E-state index is -3.55. The summed E-state index contributed by atoms with van der Waals surface area (Å²) in [7, 11) is -3.55. The number of benzene rings is 2. The van der Waals surface area contributed by atoms with Gasteiger partial charge in [0.2, 0.25) is 10.0 Å². The van der Waals surface area contributed by atoms with Gasteiger partial charge in [0, 0.05) is 29.7 Å². The van der Waals surface area contributed by atoms with Crippen molar-refractivity contribution < 1.29 is 13.2 Å². The molecule has 2 aromatic rings. The van der Waals surface area contributed by atoms with E-state index in [0.717, 1.165) is 12.0 Å². The first-order valence-corrected chi connectivity index (χ1v) is 10.9. The Hall–Kier alpha value is -1.89. The molecule has 5 nitrogen and oxygen atoms in total. The number of aryl methyl sites for hydroxylation is 1. The Kier molecular flexibility index (Phi) is 6.19. The number of piperidine rings is 1. The van der Waals surface area contributed by atoms with Gasteiger partial charge in [-0.3, -0.25) is 4.79 Å². The van der Waals surface area contributed by atoms with Crippen molar-refractivity contribution in [3.8, 4) is 0 Å². The number of halogens is 1. The van der Waals surface area contributed by atoms with Crippen LogP contribution in [0.1, 0.15) is 35.7 Å². The summed E-state index contributed by atoms with van der Waals surface area (Å²) in [6, 6.07) is 13.6. The summed E-state index contributed by atoms with van der Waals surface area (Å²) in [5, 5.41) is 0.526. The SMILES string of the molecule is CCc1ccc(S(=O)(=O)NC2CCN(C(=O)c3cccc(Cl)c3)CC2)cc1. The average molecular weight is 407 g/mol. The number of hydrogen-bond acceptors (Lipinski definition) is 3. The highest BCUT2D eigenvalue weighted by atomic mass is 35.5. The maximum absolute atomic E-state index is 12.6. The van der Waals surface area contributed by atoms with Gasteiger partial charge in [0.15, 0.2) is 0 Å². The molecule has 1 aliphatic rings. The number of nitrogens with one attached hydrogen (secondary N) is 1. The number of likely N-dealkylation sites (tertiary alicyclic amines) is 1. The third-order valence-corrected chi connectivity index (χ3v) is 6.59. The van der Waals surface area contributed by atoms with Gasteiger partial charge >= 0.3 is 0 Å². The lowest BCUT2D eigenvalue weighted by molar-refractivity contribution is 0.0711. The van der Waals surface area contributed by atoms with Crippen LogP contribution in [-0.4, -0.2) is 38.4 Å². The summed E-state index contributed by atoms with van der Waals surface area (Å²) in [6.07, 6.45) is 2.03. The Balaban J connectivity index is 1.59. The number of hydrogen-bond donors (Lipinski definition) is 1. The van der Waals surface area contributed by atoms with Crippen molar-refractivity contribution in [2.75, 3.05) is 13.1 Å². The molecule has 144 valence electrons. The highest BCUT2D eigenvalue weighted by Gasteiger charge is 2.27. The molecule has 0 aromatic heterocycles. The lowest BCUT2D eigenvalue weighted by Gasteiger charge is -2.32. The second-order valence-electron chi connectivity index (χ2n) is 6.70. The molecule has 0 bridgehead atoms. The van der Waals surface area contributed by atoms with E-state index in [4.69, 9.17) is 11.6 Å². The van der Waals surface area contributed by atoms with Gasteiger partial charge in [-0.15, -0.1) is 0 Å². The Bertz CT molecular complexity index is 905. The zero-order valence-corrected chi connectivity index (χ0v) is 16.8. The van der Waals surface area contributed by atoms with Crippen LogP contribution in [0.15, 0.2) is 53.4 Å². The topological polar surface area (TPSA) is 66.5 Å². The van der Waals surface area contributed by atoms with E-state index in [9.17, 15) is 13.2 Å². The number of nitrogens with zero attached hydrogens (tertiary/aromatic N) is 1. The van der Waals surface area contributed by atoms with Gasteiger partial charge < -0.3 is 4.90 Å². The highest BCUT2D eigenvalue weighted by Crippen LogP contribution is 2.19. The van der Waals surface area contributed by atoms with Crippen LogP contribution in [0.4, 0.5) is 0 Å². The minimum Gasteiger partial charge on any atom is -0.339 e. The lowest BCUT2D eigenvalue weighted by atomic mass is 10.0. The summed E-state index contributed by atoms with van der Waals surface area (Å²) < 4.78 is 27.9. The van der Waals surface area contributed by atoms with Crippen LogP contribution in [0, 0.1) is 0 Å². The van der Waals surface area contributed by atoms with E-state index in [2.05, 4.69) is 4.72 Å². The van der Waals surface area contributed by atoms with E-state index in [1.807, 2.05) is 19.1 Å². The van der Waals surface area contributed by atoms with E-state index in [0.29, 0.717) is 36.5 Å². The fourth-order valence-corrected chi connectivity index (χ4v) is 4.69. The molecular formula is C20H23ClN2O3S. The molecule has 1 N–H and O–H groups in total. The Morgan fingerprint density at radius 3 is 2.41 bits per heavy atom. The second kappa shape index (κ2) is 8.42. The fourth-order valence-electron chi connectivity index (χ4n) is 3.20. The van der Waals surface area contributed by atoms with E-state index < -0.39 is 10.0 Å². The van der Waals surface area contributed by atoms with Crippen molar-refractivity contribution in [3.05, 3.63) is 64.7 Å². The molecule has 0 unspecified atom stereocenters. The Morgan fingerprint density at radius 2 is 1.81 bits per heavy atom. The van der Waals surface area contributed by atoms with E-state index >= 15 is 0 Å². The standard InChI is InChI=1S/C20H23ClN2O3S/c1-2-15-6-8-19(9-7-15)27(25,26)22-18-10-12-23(13-11-18)20(24)16-4-3-5-17(21)14-16/h3-9,14,18,22H,2,10-13H2,1H3. The van der Waals surface area contributed by atoms with Crippen molar-refractivity contribution in [1.29, 1.82) is 0 Å². The van der Waals surface area contributed by atoms with Gasteiger partial charge in [0.1, 0.15) is 0 Å². The molecule has 0 radical (unpaired) electrons. The first-order valence-electron chi connectivity index (χ1n) is 9.05. The lowest BCUT2D eigenvalue weighted by Crippen LogP contribution is -2.46. The van der Waals surface area contributed by atoms with Crippen molar-refractivity contribution in [2.24, 2.45) is 0 Å². The summed E-state index contributed by atoms with van der Waals surface area (Å²) in [5.41, 5.74) is 1.65. The molecule has 1 heterocycles. The van der Waals surface area contributed by atoms with Crippen LogP contribution in [0.2, 0.25) is 5.02 Å². The van der Waals surface area contributed by atoms with Crippen LogP contribution in [0.3, 0.4) is 0 Å². The molecule has 3 rings (SSSR count). The smallest absolute Gasteiger partial charge is 0.253 e. The molecule has 27 heavy (non-hydrogen) atoms. The van der Waals surface area contributed by atoms with Gasteiger partial charge in [-0.25, -0.2) is 13.1 Å². The monoisotopic (exact) mass is 406 g/mol. The van der Waals surface area contributed by atoms with Crippen LogP contribution in [-0.2, 0) is 16.4 Å². The molecule has 0 atom stereocenters. The van der Waals surface area contributed by atoms with Crippen LogP contribution >= 0.6 is 11.6 Å². The van der Waals surface area contributed by atoms with E-state index in [1.54, 1.807) is 41.3 Å². The van der Waals surface area contributed by atoms with Crippen molar-refractivity contribution in [2.45, 2.75) is 37.1 Å². The minimum absolute atomic E-state index is 0.0750. The fraction of sp³-hybridized carbons (Fsp3) is 0.350. The zero-order valence-electron chi connectivity index (χ0n) is 15.2. The normalized spacial score (nSPS) is 15.7. The molecule has 0 saturated carbocycles. The number of amides is 1. The molecule has 1 fully saturated rings. The quantitative estimate of drug-likeness (QED) is 0.826. The number of sulfonamides is 1. The molecule has 1 saturated heterocycles. The van der Waals surface area contributed by atoms with Gasteiger partial charge in [-0.1, -0.05) is 36.7 Å². The number of carbonyl (C=O) groups excluding carboxylic acids is 1. The zero-order chi connectivity index (χ0) is 19.4. The van der Waals surface area contributed by atoms with E-state index in [-0.39, 0.29) is 16.8 Å². The molecule has 1 aliphatic heterocycles. The average Bonchev–Trinajstić information content (AvgIpc) is 2.68. The Labute approximate surface area is 165 Å². The van der Waals surface area contributed by atoms with Gasteiger partial charge in [-0.05, 0) is 55.2 Å². The largest absolute Gasteiger partial charge is 0.339 e. The summed E-state index contributed by atoms with van der Waals surface area (Å²) >= 11 is 5.95. The van der Waals surface area contributed by atoms with Crippen molar-refractivity contribution in [1.82, 2.24) is 9.62 Å². The molecule has 0 spiro atoms. The first-order chi connectivity index (χ1) is 12.9.